The van der Waals surface area contributed by atoms with E-state index in [-0.39, 0.29) is 5.91 Å². The number of benzene rings is 1. The molecule has 0 atom stereocenters. The van der Waals surface area contributed by atoms with Crippen LogP contribution in [0, 0.1) is 5.92 Å². The van der Waals surface area contributed by atoms with Crippen LogP contribution < -0.4 is 15.5 Å². The molecule has 1 aromatic carbocycles. The highest BCUT2D eigenvalue weighted by Gasteiger charge is 2.15. The predicted molar refractivity (Wildman–Crippen MR) is 91.9 cm³/mol. The van der Waals surface area contributed by atoms with Gasteiger partial charge in [0.25, 0.3) is 0 Å². The Bertz CT molecular complexity index is 484. The first-order valence-corrected chi connectivity index (χ1v) is 8.33. The van der Waals surface area contributed by atoms with Crippen LogP contribution in [0.2, 0.25) is 0 Å². The third-order valence-corrected chi connectivity index (χ3v) is 4.45. The summed E-state index contributed by atoms with van der Waals surface area (Å²) in [6.07, 6.45) is 3.96. The second-order valence-corrected chi connectivity index (χ2v) is 6.75. The number of hydrogen-bond donors (Lipinski definition) is 2. The number of halogens is 1. The molecule has 1 saturated heterocycles. The molecule has 21 heavy (non-hydrogen) atoms. The van der Waals surface area contributed by atoms with Crippen molar-refractivity contribution >= 4 is 33.2 Å². The molecule has 4 nitrogen and oxygen atoms in total. The van der Waals surface area contributed by atoms with E-state index in [1.807, 2.05) is 37.2 Å². The van der Waals surface area contributed by atoms with Crippen molar-refractivity contribution in [1.29, 1.82) is 0 Å². The van der Waals surface area contributed by atoms with Crippen molar-refractivity contribution in [3.63, 3.8) is 0 Å². The summed E-state index contributed by atoms with van der Waals surface area (Å²) in [5.41, 5.74) is 1.89. The molecule has 116 valence electrons. The van der Waals surface area contributed by atoms with Crippen LogP contribution >= 0.6 is 15.9 Å². The maximum atomic E-state index is 12.2. The van der Waals surface area contributed by atoms with E-state index in [4.69, 9.17) is 0 Å². The van der Waals surface area contributed by atoms with Gasteiger partial charge in [-0.15, -0.1) is 0 Å². The van der Waals surface area contributed by atoms with Crippen molar-refractivity contribution in [2.24, 2.45) is 5.92 Å². The van der Waals surface area contributed by atoms with Crippen molar-refractivity contribution in [3.05, 3.63) is 22.7 Å². The van der Waals surface area contributed by atoms with Crippen LogP contribution in [-0.2, 0) is 4.79 Å². The molecule has 0 spiro atoms. The number of amides is 1. The molecule has 5 heteroatoms. The minimum atomic E-state index is 0.106. The highest BCUT2D eigenvalue weighted by Crippen LogP contribution is 2.28. The second-order valence-electron chi connectivity index (χ2n) is 5.84. The third kappa shape index (κ3) is 5.00. The van der Waals surface area contributed by atoms with E-state index in [1.165, 1.54) is 12.8 Å². The lowest BCUT2D eigenvalue weighted by molar-refractivity contribution is -0.116. The van der Waals surface area contributed by atoms with E-state index in [2.05, 4.69) is 26.6 Å². The van der Waals surface area contributed by atoms with E-state index in [0.717, 1.165) is 35.4 Å². The molecule has 0 unspecified atom stereocenters. The number of hydrogen-bond acceptors (Lipinski definition) is 3. The Morgan fingerprint density at radius 1 is 1.38 bits per heavy atom. The normalized spacial score (nSPS) is 15.8. The highest BCUT2D eigenvalue weighted by molar-refractivity contribution is 9.10. The summed E-state index contributed by atoms with van der Waals surface area (Å²) in [7, 11) is 3.96. The van der Waals surface area contributed by atoms with Crippen LogP contribution in [0.1, 0.15) is 25.7 Å². The molecule has 0 radical (unpaired) electrons. The van der Waals surface area contributed by atoms with Gasteiger partial charge in [0.05, 0.1) is 11.4 Å². The Kier molecular flexibility index (Phi) is 6.06. The minimum Gasteiger partial charge on any atom is -0.376 e. The maximum absolute atomic E-state index is 12.2. The molecule has 2 rings (SSSR count). The summed E-state index contributed by atoms with van der Waals surface area (Å²) >= 11 is 3.46. The molecular formula is C16H24BrN3O. The summed E-state index contributed by atoms with van der Waals surface area (Å²) in [6, 6.07) is 5.95. The average molecular weight is 354 g/mol. The molecule has 0 saturated carbocycles. The fourth-order valence-electron chi connectivity index (χ4n) is 2.72. The van der Waals surface area contributed by atoms with Gasteiger partial charge in [-0.1, -0.05) is 15.9 Å². The van der Waals surface area contributed by atoms with Crippen molar-refractivity contribution in [2.75, 3.05) is 37.4 Å². The van der Waals surface area contributed by atoms with Gasteiger partial charge in [0, 0.05) is 25.0 Å². The standard InChI is InChI=1S/C16H24BrN3O/c1-20(2)15-5-4-13(17)11-14(15)19-16(21)6-3-12-7-9-18-10-8-12/h4-5,11-12,18H,3,6-10H2,1-2H3,(H,19,21). The van der Waals surface area contributed by atoms with Crippen LogP contribution in [0.4, 0.5) is 11.4 Å². The molecule has 1 aliphatic rings. The first-order valence-electron chi connectivity index (χ1n) is 7.53. The number of nitrogens with one attached hydrogen (secondary N) is 2. The Hall–Kier alpha value is -1.07. The van der Waals surface area contributed by atoms with Gasteiger partial charge in [-0.3, -0.25) is 4.79 Å². The maximum Gasteiger partial charge on any atom is 0.224 e. The number of anilines is 2. The van der Waals surface area contributed by atoms with E-state index in [9.17, 15) is 4.79 Å². The number of carbonyl (C=O) groups is 1. The van der Waals surface area contributed by atoms with Gasteiger partial charge in [0.15, 0.2) is 0 Å². The lowest BCUT2D eigenvalue weighted by Crippen LogP contribution is -2.28. The van der Waals surface area contributed by atoms with Gasteiger partial charge in [-0.05, 0) is 56.5 Å². The largest absolute Gasteiger partial charge is 0.376 e. The van der Waals surface area contributed by atoms with E-state index in [1.54, 1.807) is 0 Å². The van der Waals surface area contributed by atoms with Crippen molar-refractivity contribution in [3.8, 4) is 0 Å². The van der Waals surface area contributed by atoms with Gasteiger partial charge in [-0.25, -0.2) is 0 Å². The van der Waals surface area contributed by atoms with Crippen LogP contribution in [0.5, 0.6) is 0 Å². The van der Waals surface area contributed by atoms with Gasteiger partial charge in [0.1, 0.15) is 0 Å². The Morgan fingerprint density at radius 2 is 2.10 bits per heavy atom. The number of carbonyl (C=O) groups excluding carboxylic acids is 1. The first-order chi connectivity index (χ1) is 10.1. The van der Waals surface area contributed by atoms with Crippen LogP contribution in [0.25, 0.3) is 0 Å². The number of rotatable bonds is 5. The lowest BCUT2D eigenvalue weighted by atomic mass is 9.93. The topological polar surface area (TPSA) is 44.4 Å². The summed E-state index contributed by atoms with van der Waals surface area (Å²) in [4.78, 5) is 14.2. The van der Waals surface area contributed by atoms with E-state index >= 15 is 0 Å². The molecule has 0 aromatic heterocycles. The Labute approximate surface area is 135 Å². The molecule has 1 heterocycles. The monoisotopic (exact) mass is 353 g/mol. The molecule has 1 aromatic rings. The first kappa shape index (κ1) is 16.3. The predicted octanol–water partition coefficient (Wildman–Crippen LogP) is 3.23. The van der Waals surface area contributed by atoms with E-state index < -0.39 is 0 Å². The summed E-state index contributed by atoms with van der Waals surface area (Å²) in [5.74, 6) is 0.794. The van der Waals surface area contributed by atoms with Crippen LogP contribution in [0.15, 0.2) is 22.7 Å². The van der Waals surface area contributed by atoms with Crippen molar-refractivity contribution in [1.82, 2.24) is 5.32 Å². The molecular weight excluding hydrogens is 330 g/mol. The van der Waals surface area contributed by atoms with Crippen molar-refractivity contribution < 1.29 is 4.79 Å². The lowest BCUT2D eigenvalue weighted by Gasteiger charge is -2.22. The molecule has 1 amide bonds. The smallest absolute Gasteiger partial charge is 0.224 e. The fraction of sp³-hybridized carbons (Fsp3) is 0.562. The second kappa shape index (κ2) is 7.80. The summed E-state index contributed by atoms with van der Waals surface area (Å²) in [5, 5.41) is 6.40. The Morgan fingerprint density at radius 3 is 2.76 bits per heavy atom. The highest BCUT2D eigenvalue weighted by atomic mass is 79.9. The Balaban J connectivity index is 1.91. The molecule has 1 aliphatic heterocycles. The molecule has 2 N–H and O–H groups in total. The average Bonchev–Trinajstić information content (AvgIpc) is 2.46. The number of piperidine rings is 1. The SMILES string of the molecule is CN(C)c1ccc(Br)cc1NC(=O)CCC1CCNCC1. The molecule has 0 aliphatic carbocycles. The van der Waals surface area contributed by atoms with Gasteiger partial charge < -0.3 is 15.5 Å². The summed E-state index contributed by atoms with van der Waals surface area (Å²) < 4.78 is 0.974. The minimum absolute atomic E-state index is 0.106. The van der Waals surface area contributed by atoms with Gasteiger partial charge in [0.2, 0.25) is 5.91 Å². The third-order valence-electron chi connectivity index (χ3n) is 3.95. The zero-order valence-electron chi connectivity index (χ0n) is 12.8. The quantitative estimate of drug-likeness (QED) is 0.853. The zero-order chi connectivity index (χ0) is 15.2. The summed E-state index contributed by atoms with van der Waals surface area (Å²) in [6.45, 7) is 2.17. The van der Waals surface area contributed by atoms with Gasteiger partial charge >= 0.3 is 0 Å². The van der Waals surface area contributed by atoms with Crippen LogP contribution in [0.3, 0.4) is 0 Å². The van der Waals surface area contributed by atoms with Crippen molar-refractivity contribution in [2.45, 2.75) is 25.7 Å². The van der Waals surface area contributed by atoms with Crippen LogP contribution in [-0.4, -0.2) is 33.1 Å². The fourth-order valence-corrected chi connectivity index (χ4v) is 3.08. The molecule has 1 fully saturated rings. The number of nitrogens with zero attached hydrogens (tertiary/aromatic N) is 1. The van der Waals surface area contributed by atoms with E-state index in [0.29, 0.717) is 12.3 Å². The van der Waals surface area contributed by atoms with Gasteiger partial charge in [-0.2, -0.15) is 0 Å². The molecule has 0 bridgehead atoms. The zero-order valence-corrected chi connectivity index (χ0v) is 14.4.